The van der Waals surface area contributed by atoms with Gasteiger partial charge in [0.15, 0.2) is 0 Å². The highest BCUT2D eigenvalue weighted by molar-refractivity contribution is 5.73. The van der Waals surface area contributed by atoms with Crippen LogP contribution in [-0.4, -0.2) is 19.1 Å². The highest BCUT2D eigenvalue weighted by Crippen LogP contribution is 2.01. The number of carbonyl (C=O) groups excluding carboxylic acids is 1. The second-order valence-electron chi connectivity index (χ2n) is 4.07. The SMILES string of the molecule is CCCCNC(=O)NCCCC(C)C. The van der Waals surface area contributed by atoms with E-state index in [2.05, 4.69) is 31.4 Å². The molecule has 0 heterocycles. The van der Waals surface area contributed by atoms with Gasteiger partial charge in [0.1, 0.15) is 0 Å². The molecule has 0 saturated carbocycles. The van der Waals surface area contributed by atoms with Gasteiger partial charge in [-0.3, -0.25) is 0 Å². The van der Waals surface area contributed by atoms with Crippen LogP contribution >= 0.6 is 0 Å². The Bertz CT molecular complexity index is 146. The first-order chi connectivity index (χ1) is 6.66. The summed E-state index contributed by atoms with van der Waals surface area (Å²) >= 11 is 0. The van der Waals surface area contributed by atoms with Gasteiger partial charge in [-0.25, -0.2) is 4.79 Å². The molecule has 2 amide bonds. The van der Waals surface area contributed by atoms with Gasteiger partial charge in [0.25, 0.3) is 0 Å². The van der Waals surface area contributed by atoms with Gasteiger partial charge in [-0.05, 0) is 25.2 Å². The summed E-state index contributed by atoms with van der Waals surface area (Å²) in [4.78, 5) is 11.1. The number of urea groups is 1. The van der Waals surface area contributed by atoms with E-state index in [1.165, 1.54) is 6.42 Å². The Morgan fingerprint density at radius 3 is 2.21 bits per heavy atom. The normalized spacial score (nSPS) is 10.3. The molecule has 0 fully saturated rings. The van der Waals surface area contributed by atoms with E-state index >= 15 is 0 Å². The number of nitrogens with one attached hydrogen (secondary N) is 2. The molecule has 0 radical (unpaired) electrons. The molecule has 0 aliphatic carbocycles. The Morgan fingerprint density at radius 2 is 1.71 bits per heavy atom. The maximum Gasteiger partial charge on any atom is 0.314 e. The molecule has 0 spiro atoms. The molecule has 0 saturated heterocycles. The molecule has 0 aromatic heterocycles. The number of carbonyl (C=O) groups is 1. The Morgan fingerprint density at radius 1 is 1.14 bits per heavy atom. The summed E-state index contributed by atoms with van der Waals surface area (Å²) in [6.07, 6.45) is 4.42. The molecule has 0 bridgehead atoms. The molecular formula is C11H24N2O. The first-order valence-corrected chi connectivity index (χ1v) is 5.68. The van der Waals surface area contributed by atoms with Crippen LogP contribution in [-0.2, 0) is 0 Å². The fourth-order valence-corrected chi connectivity index (χ4v) is 1.15. The zero-order chi connectivity index (χ0) is 10.8. The highest BCUT2D eigenvalue weighted by atomic mass is 16.2. The van der Waals surface area contributed by atoms with E-state index in [9.17, 15) is 4.79 Å². The third kappa shape index (κ3) is 9.36. The van der Waals surface area contributed by atoms with Crippen molar-refractivity contribution in [3.63, 3.8) is 0 Å². The molecule has 3 heteroatoms. The van der Waals surface area contributed by atoms with E-state index in [1.807, 2.05) is 0 Å². The summed E-state index contributed by atoms with van der Waals surface area (Å²) in [7, 11) is 0. The molecule has 84 valence electrons. The number of amides is 2. The summed E-state index contributed by atoms with van der Waals surface area (Å²) in [5.41, 5.74) is 0. The molecule has 0 aliphatic rings. The zero-order valence-corrected chi connectivity index (χ0v) is 9.73. The van der Waals surface area contributed by atoms with Crippen molar-refractivity contribution in [1.29, 1.82) is 0 Å². The molecule has 0 atom stereocenters. The van der Waals surface area contributed by atoms with Crippen LogP contribution < -0.4 is 10.6 Å². The van der Waals surface area contributed by atoms with Gasteiger partial charge in [-0.2, -0.15) is 0 Å². The van der Waals surface area contributed by atoms with E-state index in [-0.39, 0.29) is 6.03 Å². The van der Waals surface area contributed by atoms with Crippen LogP contribution in [0.25, 0.3) is 0 Å². The van der Waals surface area contributed by atoms with E-state index < -0.39 is 0 Å². The molecule has 3 nitrogen and oxygen atoms in total. The zero-order valence-electron chi connectivity index (χ0n) is 9.73. The van der Waals surface area contributed by atoms with Gasteiger partial charge in [0.2, 0.25) is 0 Å². The topological polar surface area (TPSA) is 41.1 Å². The van der Waals surface area contributed by atoms with Crippen molar-refractivity contribution < 1.29 is 4.79 Å². The summed E-state index contributed by atoms with van der Waals surface area (Å²) in [5, 5.41) is 5.67. The van der Waals surface area contributed by atoms with E-state index in [4.69, 9.17) is 0 Å². The van der Waals surface area contributed by atoms with Gasteiger partial charge in [0, 0.05) is 13.1 Å². The number of rotatable bonds is 7. The van der Waals surface area contributed by atoms with Gasteiger partial charge >= 0.3 is 6.03 Å². The Labute approximate surface area is 87.6 Å². The molecule has 0 aromatic carbocycles. The van der Waals surface area contributed by atoms with E-state index in [0.29, 0.717) is 0 Å². The van der Waals surface area contributed by atoms with Crippen molar-refractivity contribution in [2.24, 2.45) is 5.92 Å². The van der Waals surface area contributed by atoms with Gasteiger partial charge < -0.3 is 10.6 Å². The molecule has 0 aromatic rings. The smallest absolute Gasteiger partial charge is 0.314 e. The first kappa shape index (κ1) is 13.3. The average Bonchev–Trinajstić information content (AvgIpc) is 2.13. The fourth-order valence-electron chi connectivity index (χ4n) is 1.15. The fraction of sp³-hybridized carbons (Fsp3) is 0.909. The van der Waals surface area contributed by atoms with Crippen LogP contribution in [0.4, 0.5) is 4.79 Å². The second kappa shape index (κ2) is 8.85. The third-order valence-corrected chi connectivity index (χ3v) is 2.06. The quantitative estimate of drug-likeness (QED) is 0.609. The van der Waals surface area contributed by atoms with Crippen LogP contribution in [0, 0.1) is 5.92 Å². The molecular weight excluding hydrogens is 176 g/mol. The van der Waals surface area contributed by atoms with Crippen molar-refractivity contribution in [2.75, 3.05) is 13.1 Å². The molecule has 0 unspecified atom stereocenters. The maximum atomic E-state index is 11.1. The van der Waals surface area contributed by atoms with Crippen LogP contribution in [0.5, 0.6) is 0 Å². The van der Waals surface area contributed by atoms with Crippen molar-refractivity contribution in [1.82, 2.24) is 10.6 Å². The average molecular weight is 200 g/mol. The molecule has 0 rings (SSSR count). The minimum atomic E-state index is -0.0257. The standard InChI is InChI=1S/C11H24N2O/c1-4-5-8-12-11(14)13-9-6-7-10(2)3/h10H,4-9H2,1-3H3,(H2,12,13,14). The maximum absolute atomic E-state index is 11.1. The molecule has 2 N–H and O–H groups in total. The predicted molar refractivity (Wildman–Crippen MR) is 60.4 cm³/mol. The van der Waals surface area contributed by atoms with Crippen LogP contribution in [0.15, 0.2) is 0 Å². The Balaban J connectivity index is 3.18. The Kier molecular flexibility index (Phi) is 8.39. The summed E-state index contributed by atoms with van der Waals surface area (Å²) in [6.45, 7) is 8.08. The van der Waals surface area contributed by atoms with Crippen molar-refractivity contribution in [3.8, 4) is 0 Å². The lowest BCUT2D eigenvalue weighted by molar-refractivity contribution is 0.240. The lowest BCUT2D eigenvalue weighted by atomic mass is 10.1. The first-order valence-electron chi connectivity index (χ1n) is 5.68. The van der Waals surface area contributed by atoms with Gasteiger partial charge in [0.05, 0.1) is 0 Å². The highest BCUT2D eigenvalue weighted by Gasteiger charge is 1.98. The number of hydrogen-bond donors (Lipinski definition) is 2. The van der Waals surface area contributed by atoms with Crippen LogP contribution in [0.3, 0.4) is 0 Å². The van der Waals surface area contributed by atoms with E-state index in [0.717, 1.165) is 38.3 Å². The number of hydrogen-bond acceptors (Lipinski definition) is 1. The van der Waals surface area contributed by atoms with Crippen molar-refractivity contribution >= 4 is 6.03 Å². The lowest BCUT2D eigenvalue weighted by Gasteiger charge is -2.07. The summed E-state index contributed by atoms with van der Waals surface area (Å²) in [5.74, 6) is 0.722. The molecule has 14 heavy (non-hydrogen) atoms. The summed E-state index contributed by atoms with van der Waals surface area (Å²) < 4.78 is 0. The van der Waals surface area contributed by atoms with Gasteiger partial charge in [-0.1, -0.05) is 27.2 Å². The van der Waals surface area contributed by atoms with E-state index in [1.54, 1.807) is 0 Å². The van der Waals surface area contributed by atoms with Gasteiger partial charge in [-0.15, -0.1) is 0 Å². The van der Waals surface area contributed by atoms with Crippen molar-refractivity contribution in [2.45, 2.75) is 46.5 Å². The lowest BCUT2D eigenvalue weighted by Crippen LogP contribution is -2.36. The van der Waals surface area contributed by atoms with Crippen LogP contribution in [0.2, 0.25) is 0 Å². The van der Waals surface area contributed by atoms with Crippen LogP contribution in [0.1, 0.15) is 46.5 Å². The number of unbranched alkanes of at least 4 members (excludes halogenated alkanes) is 1. The largest absolute Gasteiger partial charge is 0.338 e. The minimum Gasteiger partial charge on any atom is -0.338 e. The minimum absolute atomic E-state index is 0.0257. The monoisotopic (exact) mass is 200 g/mol. The van der Waals surface area contributed by atoms with Crippen molar-refractivity contribution in [3.05, 3.63) is 0 Å². The molecule has 0 aliphatic heterocycles. The predicted octanol–water partition coefficient (Wildman–Crippen LogP) is 2.52. The third-order valence-electron chi connectivity index (χ3n) is 2.06. The Hall–Kier alpha value is -0.730. The summed E-state index contributed by atoms with van der Waals surface area (Å²) in [6, 6.07) is -0.0257. The second-order valence-corrected chi connectivity index (χ2v) is 4.07.